The molecule has 2 nitrogen and oxygen atoms in total. The van der Waals surface area contributed by atoms with E-state index in [0.29, 0.717) is 0 Å². The van der Waals surface area contributed by atoms with E-state index >= 15 is 0 Å². The fraction of sp³-hybridized carbons (Fsp3) is 0.533. The highest BCUT2D eigenvalue weighted by Gasteiger charge is 2.19. The van der Waals surface area contributed by atoms with Crippen LogP contribution >= 0.6 is 0 Å². The van der Waals surface area contributed by atoms with Crippen molar-refractivity contribution in [2.24, 2.45) is 5.41 Å². The van der Waals surface area contributed by atoms with Gasteiger partial charge in [-0.2, -0.15) is 5.26 Å². The number of rotatable bonds is 4. The molecular formula is C15H22N2. The molecule has 0 radical (unpaired) electrons. The first kappa shape index (κ1) is 13.7. The van der Waals surface area contributed by atoms with E-state index in [9.17, 15) is 0 Å². The van der Waals surface area contributed by atoms with Crippen molar-refractivity contribution in [2.45, 2.75) is 34.2 Å². The third-order valence-electron chi connectivity index (χ3n) is 2.91. The summed E-state index contributed by atoms with van der Waals surface area (Å²) < 4.78 is 0. The van der Waals surface area contributed by atoms with Crippen LogP contribution in [0.25, 0.3) is 0 Å². The maximum atomic E-state index is 9.03. The molecule has 0 fully saturated rings. The average Bonchev–Trinajstić information content (AvgIpc) is 2.23. The summed E-state index contributed by atoms with van der Waals surface area (Å²) in [5.41, 5.74) is 3.67. The van der Waals surface area contributed by atoms with Gasteiger partial charge in [0, 0.05) is 13.1 Å². The lowest BCUT2D eigenvalue weighted by Gasteiger charge is -2.25. The standard InChI is InChI=1S/C15H22N2/c1-12-6-7-13(2)14(8-12)9-17(5)11-15(3,4)10-16/h6-8H,9,11H2,1-5H3. The van der Waals surface area contributed by atoms with Crippen molar-refractivity contribution in [3.63, 3.8) is 0 Å². The Balaban J connectivity index is 2.72. The van der Waals surface area contributed by atoms with E-state index in [1.54, 1.807) is 0 Å². The zero-order chi connectivity index (χ0) is 13.1. The monoisotopic (exact) mass is 230 g/mol. The zero-order valence-corrected chi connectivity index (χ0v) is 11.5. The third-order valence-corrected chi connectivity index (χ3v) is 2.91. The average molecular weight is 230 g/mol. The van der Waals surface area contributed by atoms with Crippen molar-refractivity contribution in [3.8, 4) is 6.07 Å². The molecule has 0 N–H and O–H groups in total. The molecule has 0 amide bonds. The molecule has 1 aromatic rings. The van der Waals surface area contributed by atoms with Crippen LogP contribution < -0.4 is 0 Å². The van der Waals surface area contributed by atoms with E-state index in [1.165, 1.54) is 16.7 Å². The van der Waals surface area contributed by atoms with Gasteiger partial charge in [-0.3, -0.25) is 0 Å². The van der Waals surface area contributed by atoms with Crippen LogP contribution in [0.15, 0.2) is 18.2 Å². The molecule has 0 aliphatic heterocycles. The molecule has 1 rings (SSSR count). The number of aryl methyl sites for hydroxylation is 2. The summed E-state index contributed by atoms with van der Waals surface area (Å²) in [6, 6.07) is 8.87. The highest BCUT2D eigenvalue weighted by molar-refractivity contribution is 5.30. The van der Waals surface area contributed by atoms with Crippen molar-refractivity contribution < 1.29 is 0 Å². The highest BCUT2D eigenvalue weighted by atomic mass is 15.1. The third kappa shape index (κ3) is 4.20. The van der Waals surface area contributed by atoms with Gasteiger partial charge in [0.25, 0.3) is 0 Å². The van der Waals surface area contributed by atoms with Gasteiger partial charge in [-0.25, -0.2) is 0 Å². The fourth-order valence-corrected chi connectivity index (χ4v) is 2.03. The van der Waals surface area contributed by atoms with Crippen molar-refractivity contribution in [1.82, 2.24) is 4.90 Å². The van der Waals surface area contributed by atoms with Gasteiger partial charge in [0.15, 0.2) is 0 Å². The molecule has 0 saturated heterocycles. The Morgan fingerprint density at radius 2 is 1.94 bits per heavy atom. The van der Waals surface area contributed by atoms with E-state index in [-0.39, 0.29) is 5.41 Å². The molecule has 0 unspecified atom stereocenters. The van der Waals surface area contributed by atoms with Crippen LogP contribution in [-0.4, -0.2) is 18.5 Å². The van der Waals surface area contributed by atoms with Crippen molar-refractivity contribution >= 4 is 0 Å². The van der Waals surface area contributed by atoms with Crippen LogP contribution in [0.2, 0.25) is 0 Å². The van der Waals surface area contributed by atoms with Gasteiger partial charge in [-0.15, -0.1) is 0 Å². The van der Waals surface area contributed by atoms with E-state index in [4.69, 9.17) is 5.26 Å². The largest absolute Gasteiger partial charge is 0.301 e. The van der Waals surface area contributed by atoms with E-state index in [2.05, 4.69) is 50.1 Å². The molecule has 0 aliphatic carbocycles. The van der Waals surface area contributed by atoms with Crippen LogP contribution in [0.3, 0.4) is 0 Å². The van der Waals surface area contributed by atoms with Crippen molar-refractivity contribution in [1.29, 1.82) is 5.26 Å². The first-order valence-corrected chi connectivity index (χ1v) is 6.00. The fourth-order valence-electron chi connectivity index (χ4n) is 2.03. The summed E-state index contributed by atoms with van der Waals surface area (Å²) in [5, 5.41) is 9.03. The Labute approximate surface area is 105 Å². The number of benzene rings is 1. The Kier molecular flexibility index (Phi) is 4.31. The Morgan fingerprint density at radius 1 is 1.29 bits per heavy atom. The van der Waals surface area contributed by atoms with Crippen LogP contribution in [0.5, 0.6) is 0 Å². The van der Waals surface area contributed by atoms with E-state index in [1.807, 2.05) is 13.8 Å². The maximum Gasteiger partial charge on any atom is 0.0697 e. The van der Waals surface area contributed by atoms with Crippen LogP contribution in [0, 0.1) is 30.6 Å². The molecule has 1 aromatic carbocycles. The topological polar surface area (TPSA) is 27.0 Å². The predicted molar refractivity (Wildman–Crippen MR) is 71.6 cm³/mol. The second kappa shape index (κ2) is 5.33. The van der Waals surface area contributed by atoms with E-state index in [0.717, 1.165) is 13.1 Å². The minimum absolute atomic E-state index is 0.285. The minimum atomic E-state index is -0.285. The normalized spacial score (nSPS) is 11.6. The molecule has 0 aromatic heterocycles. The molecule has 0 atom stereocenters. The van der Waals surface area contributed by atoms with Gasteiger partial charge in [0.2, 0.25) is 0 Å². The second-order valence-corrected chi connectivity index (χ2v) is 5.60. The SMILES string of the molecule is Cc1ccc(C)c(CN(C)CC(C)(C)C#N)c1. The molecule has 17 heavy (non-hydrogen) atoms. The number of hydrogen-bond donors (Lipinski definition) is 0. The lowest BCUT2D eigenvalue weighted by atomic mass is 9.95. The summed E-state index contributed by atoms with van der Waals surface area (Å²) in [7, 11) is 2.07. The molecular weight excluding hydrogens is 208 g/mol. The molecule has 0 spiro atoms. The van der Waals surface area contributed by atoms with Crippen LogP contribution in [0.1, 0.15) is 30.5 Å². The van der Waals surface area contributed by atoms with Crippen LogP contribution in [-0.2, 0) is 6.54 Å². The summed E-state index contributed by atoms with van der Waals surface area (Å²) in [4.78, 5) is 2.21. The van der Waals surface area contributed by atoms with Gasteiger partial charge >= 0.3 is 0 Å². The lowest BCUT2D eigenvalue weighted by Crippen LogP contribution is -2.30. The van der Waals surface area contributed by atoms with Crippen molar-refractivity contribution in [2.75, 3.05) is 13.6 Å². The summed E-state index contributed by atoms with van der Waals surface area (Å²) >= 11 is 0. The number of hydrogen-bond acceptors (Lipinski definition) is 2. The Hall–Kier alpha value is -1.33. The van der Waals surface area contributed by atoms with Crippen molar-refractivity contribution in [3.05, 3.63) is 34.9 Å². The lowest BCUT2D eigenvalue weighted by molar-refractivity contribution is 0.248. The molecule has 92 valence electrons. The molecule has 0 saturated carbocycles. The van der Waals surface area contributed by atoms with Gasteiger partial charge in [-0.05, 0) is 45.9 Å². The first-order valence-electron chi connectivity index (χ1n) is 6.00. The van der Waals surface area contributed by atoms with Gasteiger partial charge in [0.05, 0.1) is 11.5 Å². The zero-order valence-electron chi connectivity index (χ0n) is 11.5. The summed E-state index contributed by atoms with van der Waals surface area (Å²) in [5.74, 6) is 0. The van der Waals surface area contributed by atoms with Gasteiger partial charge < -0.3 is 4.90 Å². The number of nitrogens with zero attached hydrogens (tertiary/aromatic N) is 2. The first-order chi connectivity index (χ1) is 7.84. The van der Waals surface area contributed by atoms with E-state index < -0.39 is 0 Å². The Morgan fingerprint density at radius 3 is 2.53 bits per heavy atom. The number of nitriles is 1. The quantitative estimate of drug-likeness (QED) is 0.793. The molecule has 2 heteroatoms. The predicted octanol–water partition coefficient (Wildman–Crippen LogP) is 3.29. The molecule has 0 heterocycles. The maximum absolute atomic E-state index is 9.03. The smallest absolute Gasteiger partial charge is 0.0697 e. The van der Waals surface area contributed by atoms with Gasteiger partial charge in [0.1, 0.15) is 0 Å². The molecule has 0 aliphatic rings. The second-order valence-electron chi connectivity index (χ2n) is 5.60. The Bertz CT molecular complexity index is 427. The van der Waals surface area contributed by atoms with Crippen LogP contribution in [0.4, 0.5) is 0 Å². The molecule has 0 bridgehead atoms. The summed E-state index contributed by atoms with van der Waals surface area (Å²) in [6.45, 7) is 9.90. The highest BCUT2D eigenvalue weighted by Crippen LogP contribution is 2.18. The summed E-state index contributed by atoms with van der Waals surface area (Å²) in [6.07, 6.45) is 0. The minimum Gasteiger partial charge on any atom is -0.301 e. The van der Waals surface area contributed by atoms with Gasteiger partial charge in [-0.1, -0.05) is 23.8 Å².